The molecule has 0 unspecified atom stereocenters. The Labute approximate surface area is 177 Å². The normalized spacial score (nSPS) is 11.3. The first-order chi connectivity index (χ1) is 13.5. The number of methoxy groups -OCH3 is 1. The van der Waals surface area contributed by atoms with Crippen LogP contribution in [-0.4, -0.2) is 24.0 Å². The lowest BCUT2D eigenvalue weighted by Crippen LogP contribution is -2.28. The minimum absolute atomic E-state index is 0.0111. The Morgan fingerprint density at radius 3 is 2.31 bits per heavy atom. The number of ether oxygens (including phenoxy) is 1. The second-order valence-corrected chi connectivity index (χ2v) is 8.83. The molecule has 0 saturated carbocycles. The van der Waals surface area contributed by atoms with E-state index >= 15 is 0 Å². The number of hydrogen-bond acceptors (Lipinski definition) is 4. The Balaban J connectivity index is 2.45. The fourth-order valence-corrected chi connectivity index (χ4v) is 3.37. The zero-order valence-electron chi connectivity index (χ0n) is 18.0. The molecule has 1 aromatic carbocycles. The van der Waals surface area contributed by atoms with Crippen molar-refractivity contribution < 1.29 is 14.3 Å². The number of hydrogen-bond donors (Lipinski definition) is 1. The molecule has 29 heavy (non-hydrogen) atoms. The third-order valence-electron chi connectivity index (χ3n) is 4.67. The van der Waals surface area contributed by atoms with Crippen LogP contribution in [0.4, 0.5) is 0 Å². The van der Waals surface area contributed by atoms with Crippen LogP contribution in [0.2, 0.25) is 5.02 Å². The average molecular weight is 417 g/mol. The number of aryl methyl sites for hydroxylation is 1. The smallest absolute Gasteiger partial charge is 0.310 e. The van der Waals surface area contributed by atoms with E-state index in [1.54, 1.807) is 0 Å². The van der Waals surface area contributed by atoms with Crippen LogP contribution in [0.3, 0.4) is 0 Å². The Hall–Kier alpha value is -2.40. The number of carbonyl (C=O) groups excluding carboxylic acids is 2. The van der Waals surface area contributed by atoms with Gasteiger partial charge in [0.05, 0.1) is 25.8 Å². The van der Waals surface area contributed by atoms with Gasteiger partial charge in [0, 0.05) is 17.1 Å². The molecule has 6 heteroatoms. The molecule has 1 aromatic heterocycles. The van der Waals surface area contributed by atoms with Crippen LogP contribution in [0.15, 0.2) is 24.3 Å². The molecule has 2 aromatic rings. The van der Waals surface area contributed by atoms with E-state index < -0.39 is 0 Å². The standard InChI is InChI=1S/C23H29ClN2O3/c1-14-19(13-25-20(27)12-23(3,4)5)26-15(2)18(11-21(28)29-6)22(14)16-7-9-17(24)10-8-16/h7-10H,11-13H2,1-6H3,(H,25,27). The van der Waals surface area contributed by atoms with Crippen LogP contribution in [0.25, 0.3) is 11.1 Å². The van der Waals surface area contributed by atoms with E-state index in [4.69, 9.17) is 16.3 Å². The molecule has 5 nitrogen and oxygen atoms in total. The van der Waals surface area contributed by atoms with E-state index in [0.717, 1.165) is 33.6 Å². The molecule has 1 N–H and O–H groups in total. The van der Waals surface area contributed by atoms with Crippen molar-refractivity contribution in [2.75, 3.05) is 7.11 Å². The van der Waals surface area contributed by atoms with Crippen LogP contribution in [-0.2, 0) is 27.3 Å². The summed E-state index contributed by atoms with van der Waals surface area (Å²) in [6.45, 7) is 10.3. The predicted octanol–water partition coefficient (Wildman–Crippen LogP) is 4.79. The van der Waals surface area contributed by atoms with Gasteiger partial charge in [-0.1, -0.05) is 44.5 Å². The lowest BCUT2D eigenvalue weighted by Gasteiger charge is -2.20. The molecule has 156 valence electrons. The first kappa shape index (κ1) is 22.9. The van der Waals surface area contributed by atoms with Crippen molar-refractivity contribution >= 4 is 23.5 Å². The molecule has 0 bridgehead atoms. The van der Waals surface area contributed by atoms with Crippen molar-refractivity contribution in [2.45, 2.75) is 54.0 Å². The lowest BCUT2D eigenvalue weighted by atomic mass is 9.91. The highest BCUT2D eigenvalue weighted by Gasteiger charge is 2.20. The van der Waals surface area contributed by atoms with Crippen LogP contribution >= 0.6 is 11.6 Å². The van der Waals surface area contributed by atoms with E-state index in [0.29, 0.717) is 18.0 Å². The molecular weight excluding hydrogens is 388 g/mol. The van der Waals surface area contributed by atoms with Crippen LogP contribution < -0.4 is 5.32 Å². The summed E-state index contributed by atoms with van der Waals surface area (Å²) < 4.78 is 4.87. The molecule has 0 aliphatic heterocycles. The Morgan fingerprint density at radius 2 is 1.76 bits per heavy atom. The van der Waals surface area contributed by atoms with Crippen molar-refractivity contribution in [2.24, 2.45) is 5.41 Å². The lowest BCUT2D eigenvalue weighted by molar-refractivity contribution is -0.139. The molecule has 0 aliphatic rings. The molecular formula is C23H29ClN2O3. The van der Waals surface area contributed by atoms with E-state index in [9.17, 15) is 9.59 Å². The summed E-state index contributed by atoms with van der Waals surface area (Å²) in [5.74, 6) is -0.334. The molecule has 1 amide bonds. The average Bonchev–Trinajstić information content (AvgIpc) is 2.63. The minimum Gasteiger partial charge on any atom is -0.469 e. The van der Waals surface area contributed by atoms with Gasteiger partial charge in [0.25, 0.3) is 0 Å². The number of pyridine rings is 1. The SMILES string of the molecule is COC(=O)Cc1c(C)nc(CNC(=O)CC(C)(C)C)c(C)c1-c1ccc(Cl)cc1. The third-order valence-corrected chi connectivity index (χ3v) is 4.93. The number of nitrogens with one attached hydrogen (secondary N) is 1. The quantitative estimate of drug-likeness (QED) is 0.687. The number of rotatable bonds is 6. The summed E-state index contributed by atoms with van der Waals surface area (Å²) in [6.07, 6.45) is 0.570. The van der Waals surface area contributed by atoms with Crippen molar-refractivity contribution in [3.05, 3.63) is 51.8 Å². The highest BCUT2D eigenvalue weighted by Crippen LogP contribution is 2.32. The van der Waals surface area contributed by atoms with Crippen LogP contribution in [0, 0.1) is 19.3 Å². The van der Waals surface area contributed by atoms with Gasteiger partial charge in [0.2, 0.25) is 5.91 Å². The Morgan fingerprint density at radius 1 is 1.14 bits per heavy atom. The van der Waals surface area contributed by atoms with Gasteiger partial charge in [-0.05, 0) is 53.6 Å². The summed E-state index contributed by atoms with van der Waals surface area (Å²) in [5.41, 5.74) is 5.06. The summed E-state index contributed by atoms with van der Waals surface area (Å²) in [7, 11) is 1.37. The number of carbonyl (C=O) groups is 2. The zero-order chi connectivity index (χ0) is 21.8. The molecule has 0 radical (unpaired) electrons. The molecule has 1 heterocycles. The summed E-state index contributed by atoms with van der Waals surface area (Å²) in [4.78, 5) is 28.9. The van der Waals surface area contributed by atoms with Gasteiger partial charge in [0.1, 0.15) is 0 Å². The number of amides is 1. The highest BCUT2D eigenvalue weighted by atomic mass is 35.5. The molecule has 0 fully saturated rings. The topological polar surface area (TPSA) is 68.3 Å². The fraction of sp³-hybridized carbons (Fsp3) is 0.435. The monoisotopic (exact) mass is 416 g/mol. The Bertz CT molecular complexity index is 900. The number of benzene rings is 1. The van der Waals surface area contributed by atoms with Gasteiger partial charge in [-0.25, -0.2) is 0 Å². The van der Waals surface area contributed by atoms with Crippen molar-refractivity contribution in [3.8, 4) is 11.1 Å². The predicted molar refractivity (Wildman–Crippen MR) is 116 cm³/mol. The van der Waals surface area contributed by atoms with Crippen LogP contribution in [0.1, 0.15) is 49.7 Å². The van der Waals surface area contributed by atoms with Gasteiger partial charge in [-0.15, -0.1) is 0 Å². The van der Waals surface area contributed by atoms with Gasteiger partial charge in [-0.2, -0.15) is 0 Å². The number of esters is 1. The first-order valence-electron chi connectivity index (χ1n) is 9.60. The van der Waals surface area contributed by atoms with Gasteiger partial charge in [0.15, 0.2) is 0 Å². The minimum atomic E-state index is -0.323. The molecule has 0 spiro atoms. The number of aromatic nitrogens is 1. The number of nitrogens with zero attached hydrogens (tertiary/aromatic N) is 1. The van der Waals surface area contributed by atoms with Crippen LogP contribution in [0.5, 0.6) is 0 Å². The molecule has 0 aliphatic carbocycles. The summed E-state index contributed by atoms with van der Waals surface area (Å²) >= 11 is 6.05. The Kier molecular flexibility index (Phi) is 7.42. The van der Waals surface area contributed by atoms with Gasteiger partial charge in [-0.3, -0.25) is 14.6 Å². The maximum absolute atomic E-state index is 12.3. The van der Waals surface area contributed by atoms with Crippen molar-refractivity contribution in [1.82, 2.24) is 10.3 Å². The van der Waals surface area contributed by atoms with Crippen molar-refractivity contribution in [1.29, 1.82) is 0 Å². The third kappa shape index (κ3) is 6.29. The molecule has 0 saturated heterocycles. The zero-order valence-corrected chi connectivity index (χ0v) is 18.7. The first-order valence-corrected chi connectivity index (χ1v) is 9.98. The molecule has 0 atom stereocenters. The maximum Gasteiger partial charge on any atom is 0.310 e. The van der Waals surface area contributed by atoms with E-state index in [1.807, 2.05) is 58.9 Å². The van der Waals surface area contributed by atoms with E-state index in [1.165, 1.54) is 7.11 Å². The van der Waals surface area contributed by atoms with Gasteiger partial charge >= 0.3 is 5.97 Å². The second-order valence-electron chi connectivity index (χ2n) is 8.40. The fourth-order valence-electron chi connectivity index (χ4n) is 3.24. The summed E-state index contributed by atoms with van der Waals surface area (Å²) in [5, 5.41) is 3.61. The maximum atomic E-state index is 12.3. The summed E-state index contributed by atoms with van der Waals surface area (Å²) in [6, 6.07) is 7.48. The number of halogens is 1. The largest absolute Gasteiger partial charge is 0.469 e. The highest BCUT2D eigenvalue weighted by molar-refractivity contribution is 6.30. The molecule has 2 rings (SSSR count). The van der Waals surface area contributed by atoms with E-state index in [2.05, 4.69) is 10.3 Å². The van der Waals surface area contributed by atoms with Crippen molar-refractivity contribution in [3.63, 3.8) is 0 Å². The second kappa shape index (κ2) is 9.40. The van der Waals surface area contributed by atoms with E-state index in [-0.39, 0.29) is 23.7 Å². The van der Waals surface area contributed by atoms with Gasteiger partial charge < -0.3 is 10.1 Å².